The van der Waals surface area contributed by atoms with Crippen LogP contribution in [0.25, 0.3) is 0 Å². The molecule has 1 aromatic heterocycles. The Balaban J connectivity index is 1.58. The molecule has 7 nitrogen and oxygen atoms in total. The zero-order valence-electron chi connectivity index (χ0n) is 13.3. The van der Waals surface area contributed by atoms with E-state index >= 15 is 0 Å². The first kappa shape index (κ1) is 16.1. The topological polar surface area (TPSA) is 69.1 Å². The van der Waals surface area contributed by atoms with Crippen molar-refractivity contribution in [2.45, 2.75) is 25.8 Å². The molecule has 0 aliphatic carbocycles. The molecule has 0 radical (unpaired) electrons. The highest BCUT2D eigenvalue weighted by Gasteiger charge is 2.27. The zero-order valence-corrected chi connectivity index (χ0v) is 14.1. The van der Waals surface area contributed by atoms with Gasteiger partial charge in [0.15, 0.2) is 0 Å². The molecular formula is C15H21N5O2S. The number of carbonyl (C=O) groups excluding carboxylic acids is 2. The van der Waals surface area contributed by atoms with Crippen LogP contribution in [0.4, 0.5) is 0 Å². The number of nitrogens with zero attached hydrogens (tertiary/aromatic N) is 5. The lowest BCUT2D eigenvalue weighted by Crippen LogP contribution is -2.42. The second kappa shape index (κ2) is 7.18. The van der Waals surface area contributed by atoms with E-state index in [2.05, 4.69) is 20.4 Å². The number of thiazole rings is 1. The molecule has 0 saturated carbocycles. The summed E-state index contributed by atoms with van der Waals surface area (Å²) in [7, 11) is 1.60. The van der Waals surface area contributed by atoms with Gasteiger partial charge in [-0.2, -0.15) is 5.10 Å². The van der Waals surface area contributed by atoms with Gasteiger partial charge in [0.05, 0.1) is 11.2 Å². The van der Waals surface area contributed by atoms with E-state index in [9.17, 15) is 9.59 Å². The number of aromatic nitrogens is 1. The molecule has 0 N–H and O–H groups in total. The minimum atomic E-state index is -0.0353. The largest absolute Gasteiger partial charge is 0.336 e. The van der Waals surface area contributed by atoms with Gasteiger partial charge in [0.25, 0.3) is 5.91 Å². The summed E-state index contributed by atoms with van der Waals surface area (Å²) in [5.41, 5.74) is 3.44. The average molecular weight is 335 g/mol. The van der Waals surface area contributed by atoms with Gasteiger partial charge in [-0.05, 0) is 6.42 Å². The van der Waals surface area contributed by atoms with Crippen molar-refractivity contribution in [1.82, 2.24) is 19.8 Å². The Morgan fingerprint density at radius 1 is 1.26 bits per heavy atom. The summed E-state index contributed by atoms with van der Waals surface area (Å²) >= 11 is 1.61. The van der Waals surface area contributed by atoms with Crippen molar-refractivity contribution in [3.8, 4) is 0 Å². The molecule has 3 heterocycles. The molecule has 2 aliphatic rings. The Bertz CT molecular complexity index is 601. The Morgan fingerprint density at radius 2 is 2.13 bits per heavy atom. The summed E-state index contributed by atoms with van der Waals surface area (Å²) in [6, 6.07) is 0. The minimum Gasteiger partial charge on any atom is -0.336 e. The molecule has 23 heavy (non-hydrogen) atoms. The highest BCUT2D eigenvalue weighted by molar-refractivity contribution is 7.07. The van der Waals surface area contributed by atoms with Crippen LogP contribution in [-0.2, 0) is 16.1 Å². The molecule has 1 saturated heterocycles. The molecule has 0 bridgehead atoms. The molecule has 1 fully saturated rings. The van der Waals surface area contributed by atoms with Crippen LogP contribution >= 0.6 is 11.3 Å². The number of rotatable bonds is 3. The Kier molecular flexibility index (Phi) is 5.02. The first-order valence-electron chi connectivity index (χ1n) is 7.86. The summed E-state index contributed by atoms with van der Waals surface area (Å²) in [6.45, 7) is 4.07. The number of hydrogen-bond acceptors (Lipinski definition) is 6. The van der Waals surface area contributed by atoms with Crippen LogP contribution in [-0.4, -0.2) is 70.5 Å². The lowest BCUT2D eigenvalue weighted by molar-refractivity contribution is -0.130. The summed E-state index contributed by atoms with van der Waals surface area (Å²) in [4.78, 5) is 32.6. The van der Waals surface area contributed by atoms with Crippen LogP contribution in [0.5, 0.6) is 0 Å². The number of hydrazone groups is 1. The van der Waals surface area contributed by atoms with E-state index in [4.69, 9.17) is 0 Å². The zero-order chi connectivity index (χ0) is 16.2. The SMILES string of the molecule is CN1N=C(C(=O)N2CCCN(Cc3cscn3)CC2)CCC1=O. The number of carbonyl (C=O) groups is 2. The van der Waals surface area contributed by atoms with Gasteiger partial charge in [0, 0.05) is 58.0 Å². The lowest BCUT2D eigenvalue weighted by Gasteiger charge is -2.25. The van der Waals surface area contributed by atoms with Crippen LogP contribution in [0.1, 0.15) is 25.0 Å². The predicted molar refractivity (Wildman–Crippen MR) is 88.0 cm³/mol. The van der Waals surface area contributed by atoms with Gasteiger partial charge in [-0.1, -0.05) is 0 Å². The molecule has 124 valence electrons. The maximum atomic E-state index is 12.6. The van der Waals surface area contributed by atoms with E-state index in [0.717, 1.165) is 38.3 Å². The predicted octanol–water partition coefficient (Wildman–Crippen LogP) is 0.786. The third-order valence-electron chi connectivity index (χ3n) is 4.20. The monoisotopic (exact) mass is 335 g/mol. The van der Waals surface area contributed by atoms with E-state index < -0.39 is 0 Å². The molecule has 0 aromatic carbocycles. The summed E-state index contributed by atoms with van der Waals surface area (Å²) in [5.74, 6) is -0.0632. The number of hydrogen-bond donors (Lipinski definition) is 0. The first-order valence-corrected chi connectivity index (χ1v) is 8.80. The van der Waals surface area contributed by atoms with Gasteiger partial charge in [-0.25, -0.2) is 9.99 Å². The van der Waals surface area contributed by atoms with Gasteiger partial charge in [0.1, 0.15) is 5.71 Å². The van der Waals surface area contributed by atoms with Crippen LogP contribution < -0.4 is 0 Å². The van der Waals surface area contributed by atoms with Gasteiger partial charge in [0.2, 0.25) is 5.91 Å². The molecule has 3 rings (SSSR count). The Hall–Kier alpha value is -1.80. The van der Waals surface area contributed by atoms with Crippen molar-refractivity contribution >= 4 is 28.9 Å². The normalized spacial score (nSPS) is 20.4. The Labute approximate surface area is 139 Å². The van der Waals surface area contributed by atoms with Crippen molar-refractivity contribution in [3.05, 3.63) is 16.6 Å². The fraction of sp³-hybridized carbons (Fsp3) is 0.600. The molecule has 0 spiro atoms. The fourth-order valence-electron chi connectivity index (χ4n) is 2.88. The van der Waals surface area contributed by atoms with E-state index in [1.54, 1.807) is 18.4 Å². The van der Waals surface area contributed by atoms with Gasteiger partial charge >= 0.3 is 0 Å². The van der Waals surface area contributed by atoms with E-state index in [1.807, 2.05) is 10.4 Å². The number of amides is 2. The van der Waals surface area contributed by atoms with Crippen LogP contribution in [0.15, 0.2) is 16.0 Å². The standard InChI is InChI=1S/C15H21N5O2S/c1-18-14(21)4-3-13(17-18)15(22)20-6-2-5-19(7-8-20)9-12-10-23-11-16-12/h10-11H,2-9H2,1H3. The van der Waals surface area contributed by atoms with Gasteiger partial charge in [-0.3, -0.25) is 14.5 Å². The first-order chi connectivity index (χ1) is 11.1. The third kappa shape index (κ3) is 3.94. The van der Waals surface area contributed by atoms with Crippen LogP contribution in [0.2, 0.25) is 0 Å². The molecule has 0 unspecified atom stereocenters. The summed E-state index contributed by atoms with van der Waals surface area (Å²) in [5, 5.41) is 7.48. The van der Waals surface area contributed by atoms with E-state index in [0.29, 0.717) is 25.1 Å². The second-order valence-corrected chi connectivity index (χ2v) is 6.58. The molecule has 0 atom stereocenters. The van der Waals surface area contributed by atoms with Crippen molar-refractivity contribution in [3.63, 3.8) is 0 Å². The molecule has 2 amide bonds. The third-order valence-corrected chi connectivity index (χ3v) is 4.83. The van der Waals surface area contributed by atoms with E-state index in [1.165, 1.54) is 5.01 Å². The Morgan fingerprint density at radius 3 is 2.87 bits per heavy atom. The minimum absolute atomic E-state index is 0.0279. The average Bonchev–Trinajstić information content (AvgIpc) is 2.94. The lowest BCUT2D eigenvalue weighted by atomic mass is 10.1. The van der Waals surface area contributed by atoms with Crippen molar-refractivity contribution in [2.24, 2.45) is 5.10 Å². The maximum absolute atomic E-state index is 12.6. The second-order valence-electron chi connectivity index (χ2n) is 5.87. The van der Waals surface area contributed by atoms with Crippen molar-refractivity contribution < 1.29 is 9.59 Å². The summed E-state index contributed by atoms with van der Waals surface area (Å²) < 4.78 is 0. The highest BCUT2D eigenvalue weighted by Crippen LogP contribution is 2.13. The van der Waals surface area contributed by atoms with Crippen molar-refractivity contribution in [1.29, 1.82) is 0 Å². The molecular weight excluding hydrogens is 314 g/mol. The smallest absolute Gasteiger partial charge is 0.270 e. The van der Waals surface area contributed by atoms with Crippen LogP contribution in [0.3, 0.4) is 0 Å². The summed E-state index contributed by atoms with van der Waals surface area (Å²) in [6.07, 6.45) is 1.75. The maximum Gasteiger partial charge on any atom is 0.270 e. The van der Waals surface area contributed by atoms with Crippen LogP contribution in [0, 0.1) is 0 Å². The molecule has 1 aromatic rings. The molecule has 8 heteroatoms. The quantitative estimate of drug-likeness (QED) is 0.819. The van der Waals surface area contributed by atoms with Gasteiger partial charge < -0.3 is 4.90 Å². The van der Waals surface area contributed by atoms with Crippen molar-refractivity contribution in [2.75, 3.05) is 33.2 Å². The highest BCUT2D eigenvalue weighted by atomic mass is 32.1. The van der Waals surface area contributed by atoms with Gasteiger partial charge in [-0.15, -0.1) is 11.3 Å². The molecule has 2 aliphatic heterocycles. The fourth-order valence-corrected chi connectivity index (χ4v) is 3.43. The van der Waals surface area contributed by atoms with E-state index in [-0.39, 0.29) is 11.8 Å².